The predicted octanol–water partition coefficient (Wildman–Crippen LogP) is 1.09. The second-order valence-corrected chi connectivity index (χ2v) is 5.34. The van der Waals surface area contributed by atoms with Gasteiger partial charge in [0.2, 0.25) is 0 Å². The predicted molar refractivity (Wildman–Crippen MR) is 60.2 cm³/mol. The highest BCUT2D eigenvalue weighted by atomic mass is 16.4. The summed E-state index contributed by atoms with van der Waals surface area (Å²) in [5.41, 5.74) is -0.541. The number of likely N-dealkylation sites (tertiary alicyclic amines) is 1. The lowest BCUT2D eigenvalue weighted by molar-refractivity contribution is -0.144. The van der Waals surface area contributed by atoms with E-state index in [4.69, 9.17) is 5.11 Å². The molecule has 0 spiro atoms. The zero-order valence-corrected chi connectivity index (χ0v) is 9.69. The lowest BCUT2D eigenvalue weighted by atomic mass is 9.95. The van der Waals surface area contributed by atoms with Crippen LogP contribution in [0, 0.1) is 5.92 Å². The molecule has 2 rings (SSSR count). The van der Waals surface area contributed by atoms with Gasteiger partial charge in [0.05, 0.1) is 11.5 Å². The van der Waals surface area contributed by atoms with Crippen LogP contribution in [0.2, 0.25) is 0 Å². The molecule has 1 saturated heterocycles. The van der Waals surface area contributed by atoms with Crippen LogP contribution < -0.4 is 0 Å². The monoisotopic (exact) mass is 227 g/mol. The average Bonchev–Trinajstić information content (AvgIpc) is 2.65. The zero-order valence-electron chi connectivity index (χ0n) is 9.69. The van der Waals surface area contributed by atoms with Gasteiger partial charge in [0.1, 0.15) is 0 Å². The van der Waals surface area contributed by atoms with E-state index < -0.39 is 11.6 Å². The van der Waals surface area contributed by atoms with Crippen molar-refractivity contribution in [2.45, 2.75) is 44.1 Å². The van der Waals surface area contributed by atoms with Crippen molar-refractivity contribution in [3.8, 4) is 0 Å². The minimum atomic E-state index is -0.692. The number of rotatable bonds is 3. The first-order valence-electron chi connectivity index (χ1n) is 6.27. The van der Waals surface area contributed by atoms with Gasteiger partial charge in [-0.15, -0.1) is 0 Å². The van der Waals surface area contributed by atoms with Crippen LogP contribution in [0.15, 0.2) is 0 Å². The lowest BCUT2D eigenvalue weighted by Crippen LogP contribution is -2.46. The molecular weight excluding hydrogens is 206 g/mol. The largest absolute Gasteiger partial charge is 0.481 e. The molecule has 2 fully saturated rings. The van der Waals surface area contributed by atoms with E-state index in [2.05, 4.69) is 4.90 Å². The molecule has 0 aromatic heterocycles. The molecule has 1 heterocycles. The van der Waals surface area contributed by atoms with Crippen LogP contribution in [0.5, 0.6) is 0 Å². The summed E-state index contributed by atoms with van der Waals surface area (Å²) < 4.78 is 0. The standard InChI is InChI=1S/C12H21NO3/c14-11(15)10-4-3-7-13(8-10)9-12(16)5-1-2-6-12/h10,16H,1-9H2,(H,14,15). The van der Waals surface area contributed by atoms with Crippen LogP contribution in [0.25, 0.3) is 0 Å². The number of carbonyl (C=O) groups is 1. The Morgan fingerprint density at radius 1 is 1.31 bits per heavy atom. The van der Waals surface area contributed by atoms with Crippen LogP contribution in [0.3, 0.4) is 0 Å². The Kier molecular flexibility index (Phi) is 3.50. The van der Waals surface area contributed by atoms with E-state index >= 15 is 0 Å². The second kappa shape index (κ2) is 4.72. The van der Waals surface area contributed by atoms with Crippen molar-refractivity contribution in [1.82, 2.24) is 4.90 Å². The number of hydrogen-bond acceptors (Lipinski definition) is 3. The summed E-state index contributed by atoms with van der Waals surface area (Å²) in [6.07, 6.45) is 5.68. The molecule has 4 nitrogen and oxygen atoms in total. The Labute approximate surface area is 96.3 Å². The van der Waals surface area contributed by atoms with Gasteiger partial charge in [0, 0.05) is 13.1 Å². The van der Waals surface area contributed by atoms with Gasteiger partial charge in [-0.1, -0.05) is 12.8 Å². The van der Waals surface area contributed by atoms with E-state index in [9.17, 15) is 9.90 Å². The number of nitrogens with zero attached hydrogens (tertiary/aromatic N) is 1. The van der Waals surface area contributed by atoms with Gasteiger partial charge in [-0.05, 0) is 32.2 Å². The molecule has 16 heavy (non-hydrogen) atoms. The van der Waals surface area contributed by atoms with Gasteiger partial charge in [0.15, 0.2) is 0 Å². The van der Waals surface area contributed by atoms with Crippen molar-refractivity contribution in [2.75, 3.05) is 19.6 Å². The first-order chi connectivity index (χ1) is 7.59. The van der Waals surface area contributed by atoms with Gasteiger partial charge in [0.25, 0.3) is 0 Å². The minimum Gasteiger partial charge on any atom is -0.481 e. The first-order valence-corrected chi connectivity index (χ1v) is 6.27. The molecule has 2 N–H and O–H groups in total. The van der Waals surface area contributed by atoms with Crippen molar-refractivity contribution in [3.05, 3.63) is 0 Å². The van der Waals surface area contributed by atoms with Gasteiger partial charge in [-0.3, -0.25) is 9.69 Å². The fraction of sp³-hybridized carbons (Fsp3) is 0.917. The van der Waals surface area contributed by atoms with E-state index in [-0.39, 0.29) is 5.92 Å². The third-order valence-corrected chi connectivity index (χ3v) is 3.91. The molecule has 0 aromatic rings. The maximum atomic E-state index is 10.9. The Hall–Kier alpha value is -0.610. The summed E-state index contributed by atoms with van der Waals surface area (Å²) in [5.74, 6) is -0.929. The SMILES string of the molecule is O=C(O)C1CCCN(CC2(O)CCCC2)C1. The Bertz CT molecular complexity index is 261. The van der Waals surface area contributed by atoms with Crippen LogP contribution in [-0.2, 0) is 4.79 Å². The van der Waals surface area contributed by atoms with Gasteiger partial charge in [-0.25, -0.2) is 0 Å². The molecular formula is C12H21NO3. The third kappa shape index (κ3) is 2.74. The van der Waals surface area contributed by atoms with Gasteiger partial charge < -0.3 is 10.2 Å². The molecule has 2 aliphatic rings. The first kappa shape index (κ1) is 11.9. The summed E-state index contributed by atoms with van der Waals surface area (Å²) in [6.45, 7) is 2.21. The van der Waals surface area contributed by atoms with E-state index in [0.717, 1.165) is 45.1 Å². The molecule has 1 saturated carbocycles. The zero-order chi connectivity index (χ0) is 11.6. The summed E-state index contributed by atoms with van der Waals surface area (Å²) in [5, 5.41) is 19.3. The topological polar surface area (TPSA) is 60.8 Å². The summed E-state index contributed by atoms with van der Waals surface area (Å²) in [6, 6.07) is 0. The van der Waals surface area contributed by atoms with Crippen molar-refractivity contribution in [1.29, 1.82) is 0 Å². The number of aliphatic carboxylic acids is 1. The number of β-amino-alcohol motifs (C(OH)–C–C–N with tert-alkyl or cyclic N) is 1. The molecule has 0 aromatic carbocycles. The van der Waals surface area contributed by atoms with Gasteiger partial charge in [-0.2, -0.15) is 0 Å². The molecule has 0 bridgehead atoms. The lowest BCUT2D eigenvalue weighted by Gasteiger charge is -2.35. The van der Waals surface area contributed by atoms with Crippen LogP contribution in [0.4, 0.5) is 0 Å². The maximum Gasteiger partial charge on any atom is 0.307 e. The normalized spacial score (nSPS) is 30.4. The van der Waals surface area contributed by atoms with Gasteiger partial charge >= 0.3 is 5.97 Å². The highest BCUT2D eigenvalue weighted by molar-refractivity contribution is 5.70. The number of piperidine rings is 1. The maximum absolute atomic E-state index is 10.9. The molecule has 4 heteroatoms. The van der Waals surface area contributed by atoms with Crippen LogP contribution >= 0.6 is 0 Å². The molecule has 1 unspecified atom stereocenters. The van der Waals surface area contributed by atoms with Crippen molar-refractivity contribution < 1.29 is 15.0 Å². The van der Waals surface area contributed by atoms with Crippen molar-refractivity contribution in [2.24, 2.45) is 5.92 Å². The second-order valence-electron chi connectivity index (χ2n) is 5.34. The van der Waals surface area contributed by atoms with E-state index in [1.54, 1.807) is 0 Å². The number of carboxylic acid groups (broad SMARTS) is 1. The van der Waals surface area contributed by atoms with E-state index in [0.29, 0.717) is 13.1 Å². The summed E-state index contributed by atoms with van der Waals surface area (Å²) in [4.78, 5) is 13.1. The van der Waals surface area contributed by atoms with E-state index in [1.807, 2.05) is 0 Å². The number of aliphatic hydroxyl groups is 1. The minimum absolute atomic E-state index is 0.237. The molecule has 1 aliphatic carbocycles. The highest BCUT2D eigenvalue weighted by Gasteiger charge is 2.35. The number of hydrogen-bond donors (Lipinski definition) is 2. The molecule has 92 valence electrons. The fourth-order valence-electron chi connectivity index (χ4n) is 3.01. The Morgan fingerprint density at radius 3 is 2.62 bits per heavy atom. The molecule has 0 amide bonds. The summed E-state index contributed by atoms with van der Waals surface area (Å²) in [7, 11) is 0. The Balaban J connectivity index is 1.87. The average molecular weight is 227 g/mol. The third-order valence-electron chi connectivity index (χ3n) is 3.91. The van der Waals surface area contributed by atoms with Crippen molar-refractivity contribution >= 4 is 5.97 Å². The van der Waals surface area contributed by atoms with E-state index in [1.165, 1.54) is 0 Å². The number of carboxylic acids is 1. The molecule has 1 aliphatic heterocycles. The van der Waals surface area contributed by atoms with Crippen molar-refractivity contribution in [3.63, 3.8) is 0 Å². The van der Waals surface area contributed by atoms with Crippen LogP contribution in [-0.4, -0.2) is 46.3 Å². The molecule has 1 atom stereocenters. The van der Waals surface area contributed by atoms with Crippen LogP contribution in [0.1, 0.15) is 38.5 Å². The molecule has 0 radical (unpaired) electrons. The Morgan fingerprint density at radius 2 is 2.00 bits per heavy atom. The highest BCUT2D eigenvalue weighted by Crippen LogP contribution is 2.31. The quantitative estimate of drug-likeness (QED) is 0.757. The smallest absolute Gasteiger partial charge is 0.307 e. The fourth-order valence-corrected chi connectivity index (χ4v) is 3.01. The summed E-state index contributed by atoms with van der Waals surface area (Å²) >= 11 is 0.